The number of benzene rings is 1. The number of carbonyl (C=O) groups is 2. The highest BCUT2D eigenvalue weighted by Gasteiger charge is 2.50. The van der Waals surface area contributed by atoms with Crippen molar-refractivity contribution >= 4 is 17.5 Å². The van der Waals surface area contributed by atoms with Crippen LogP contribution in [0.4, 0.5) is 10.1 Å². The number of amides is 2. The van der Waals surface area contributed by atoms with Crippen molar-refractivity contribution in [3.8, 4) is 0 Å². The van der Waals surface area contributed by atoms with Gasteiger partial charge in [-0.25, -0.2) is 14.4 Å². The maximum absolute atomic E-state index is 13.3. The van der Waals surface area contributed by atoms with Crippen LogP contribution in [0.2, 0.25) is 0 Å². The highest BCUT2D eigenvalue weighted by Crippen LogP contribution is 2.36. The number of anilines is 1. The number of rotatable bonds is 2. The number of carbonyl (C=O) groups excluding carboxylic acids is 2. The van der Waals surface area contributed by atoms with Gasteiger partial charge in [0, 0.05) is 18.4 Å². The molecule has 0 saturated carbocycles. The fraction of sp³-hybridized carbons (Fsp3) is 0.400. The Balaban J connectivity index is 1.60. The minimum absolute atomic E-state index is 0.0834. The summed E-state index contributed by atoms with van der Waals surface area (Å²) in [6, 6.07) is 5.64. The average Bonchev–Trinajstić information content (AvgIpc) is 2.69. The molecular weight excluding hydrogens is 363 g/mol. The van der Waals surface area contributed by atoms with E-state index in [2.05, 4.69) is 9.97 Å². The van der Waals surface area contributed by atoms with E-state index in [9.17, 15) is 14.0 Å². The lowest BCUT2D eigenvalue weighted by molar-refractivity contribution is -0.149. The Labute approximate surface area is 162 Å². The highest BCUT2D eigenvalue weighted by atomic mass is 19.1. The highest BCUT2D eigenvalue weighted by molar-refractivity contribution is 5.97. The van der Waals surface area contributed by atoms with Gasteiger partial charge in [-0.1, -0.05) is 0 Å². The van der Waals surface area contributed by atoms with E-state index in [1.807, 2.05) is 6.92 Å². The number of hydrogen-bond donors (Lipinski definition) is 0. The molecule has 1 aromatic heterocycles. The zero-order chi connectivity index (χ0) is 19.9. The molecule has 0 unspecified atom stereocenters. The second kappa shape index (κ2) is 6.94. The third-order valence-corrected chi connectivity index (χ3v) is 5.52. The third kappa shape index (κ3) is 3.13. The molecule has 2 aromatic rings. The lowest BCUT2D eigenvalue weighted by Gasteiger charge is -2.52. The summed E-state index contributed by atoms with van der Waals surface area (Å²) in [5.41, 5.74) is 1.00. The second-order valence-corrected chi connectivity index (χ2v) is 7.39. The Morgan fingerprint density at radius 2 is 2.07 bits per heavy atom. The number of ether oxygens (including phenoxy) is 1. The van der Waals surface area contributed by atoms with E-state index in [-0.39, 0.29) is 30.3 Å². The van der Waals surface area contributed by atoms with E-state index in [1.165, 1.54) is 24.7 Å². The smallest absolute Gasteiger partial charge is 0.257 e. The number of piperidine rings is 1. The summed E-state index contributed by atoms with van der Waals surface area (Å²) < 4.78 is 19.2. The molecule has 2 fully saturated rings. The molecule has 8 heteroatoms. The predicted molar refractivity (Wildman–Crippen MR) is 99.3 cm³/mol. The van der Waals surface area contributed by atoms with Crippen LogP contribution in [-0.2, 0) is 9.53 Å². The zero-order valence-corrected chi connectivity index (χ0v) is 15.8. The standard InChI is InChI=1S/C20H21FN4O3/c1-13-16(9-22-12-23-13)19(27)24-8-7-17-20(2,11-24)28-10-18(26)25(17)15-5-3-14(21)4-6-15/h3-6,9,12,17H,7-8,10-11H2,1-2H3/t17-,20-/m1/s1. The van der Waals surface area contributed by atoms with Crippen LogP contribution in [0.15, 0.2) is 36.8 Å². The first-order valence-electron chi connectivity index (χ1n) is 9.16. The zero-order valence-electron chi connectivity index (χ0n) is 15.8. The molecule has 4 rings (SSSR count). The number of nitrogens with zero attached hydrogens (tertiary/aromatic N) is 4. The molecule has 3 heterocycles. The van der Waals surface area contributed by atoms with E-state index in [4.69, 9.17) is 4.74 Å². The summed E-state index contributed by atoms with van der Waals surface area (Å²) in [4.78, 5) is 37.0. The molecule has 0 radical (unpaired) electrons. The summed E-state index contributed by atoms with van der Waals surface area (Å²) in [5.74, 6) is -0.666. The van der Waals surface area contributed by atoms with Crippen LogP contribution < -0.4 is 4.90 Å². The van der Waals surface area contributed by atoms with Gasteiger partial charge in [0.1, 0.15) is 24.4 Å². The lowest BCUT2D eigenvalue weighted by Crippen LogP contribution is -2.68. The molecule has 2 saturated heterocycles. The molecule has 0 N–H and O–H groups in total. The topological polar surface area (TPSA) is 75.6 Å². The van der Waals surface area contributed by atoms with Crippen molar-refractivity contribution in [3.05, 3.63) is 53.9 Å². The van der Waals surface area contributed by atoms with Crippen LogP contribution >= 0.6 is 0 Å². The van der Waals surface area contributed by atoms with Crippen LogP contribution in [0.5, 0.6) is 0 Å². The van der Waals surface area contributed by atoms with E-state index in [1.54, 1.807) is 28.9 Å². The Bertz CT molecular complexity index is 920. The fourth-order valence-corrected chi connectivity index (χ4v) is 4.03. The number of hydrogen-bond acceptors (Lipinski definition) is 5. The Kier molecular flexibility index (Phi) is 4.58. The quantitative estimate of drug-likeness (QED) is 0.791. The van der Waals surface area contributed by atoms with Crippen LogP contribution in [0.1, 0.15) is 29.4 Å². The number of likely N-dealkylation sites (tertiary alicyclic amines) is 1. The molecule has 28 heavy (non-hydrogen) atoms. The van der Waals surface area contributed by atoms with Gasteiger partial charge in [0.05, 0.1) is 23.8 Å². The number of morpholine rings is 1. The van der Waals surface area contributed by atoms with Gasteiger partial charge in [-0.15, -0.1) is 0 Å². The summed E-state index contributed by atoms with van der Waals surface area (Å²) in [6.45, 7) is 4.42. The molecule has 0 bridgehead atoms. The molecule has 2 aliphatic rings. The van der Waals surface area contributed by atoms with Gasteiger partial charge in [-0.05, 0) is 44.5 Å². The minimum atomic E-state index is -0.722. The fourth-order valence-electron chi connectivity index (χ4n) is 4.03. The van der Waals surface area contributed by atoms with Crippen molar-refractivity contribution in [3.63, 3.8) is 0 Å². The minimum Gasteiger partial charge on any atom is -0.361 e. The molecule has 2 atom stereocenters. The Morgan fingerprint density at radius 3 is 2.79 bits per heavy atom. The number of fused-ring (bicyclic) bond motifs is 1. The summed E-state index contributed by atoms with van der Waals surface area (Å²) in [6.07, 6.45) is 3.49. The molecular formula is C20H21FN4O3. The van der Waals surface area contributed by atoms with Crippen molar-refractivity contribution in [2.24, 2.45) is 0 Å². The van der Waals surface area contributed by atoms with Gasteiger partial charge < -0.3 is 14.5 Å². The molecule has 0 aliphatic carbocycles. The first-order valence-corrected chi connectivity index (χ1v) is 9.16. The van der Waals surface area contributed by atoms with Crippen molar-refractivity contribution in [1.82, 2.24) is 14.9 Å². The van der Waals surface area contributed by atoms with Gasteiger partial charge >= 0.3 is 0 Å². The summed E-state index contributed by atoms with van der Waals surface area (Å²) in [7, 11) is 0. The summed E-state index contributed by atoms with van der Waals surface area (Å²) in [5, 5.41) is 0. The monoisotopic (exact) mass is 384 g/mol. The number of aromatic nitrogens is 2. The second-order valence-electron chi connectivity index (χ2n) is 7.39. The van der Waals surface area contributed by atoms with E-state index < -0.39 is 5.60 Å². The van der Waals surface area contributed by atoms with Gasteiger partial charge in [0.25, 0.3) is 11.8 Å². The van der Waals surface area contributed by atoms with Crippen molar-refractivity contribution in [1.29, 1.82) is 0 Å². The number of halogens is 1. The van der Waals surface area contributed by atoms with Gasteiger partial charge in [0.2, 0.25) is 0 Å². The largest absolute Gasteiger partial charge is 0.361 e. The molecule has 2 aliphatic heterocycles. The van der Waals surface area contributed by atoms with E-state index in [0.717, 1.165) is 0 Å². The van der Waals surface area contributed by atoms with Gasteiger partial charge in [-0.2, -0.15) is 0 Å². The SMILES string of the molecule is Cc1ncncc1C(=O)N1CC[C@H]2N(c3ccc(F)cc3)C(=O)CO[C@]2(C)C1. The molecule has 7 nitrogen and oxygen atoms in total. The maximum atomic E-state index is 13.3. The first-order chi connectivity index (χ1) is 13.4. The van der Waals surface area contributed by atoms with Crippen molar-refractivity contribution < 1.29 is 18.7 Å². The molecule has 2 amide bonds. The first kappa shape index (κ1) is 18.5. The average molecular weight is 384 g/mol. The Morgan fingerprint density at radius 1 is 1.32 bits per heavy atom. The van der Waals surface area contributed by atoms with Crippen LogP contribution in [0.25, 0.3) is 0 Å². The predicted octanol–water partition coefficient (Wildman–Crippen LogP) is 1.96. The van der Waals surface area contributed by atoms with Crippen LogP contribution in [-0.4, -0.2) is 58.0 Å². The van der Waals surface area contributed by atoms with Gasteiger partial charge in [0.15, 0.2) is 0 Å². The molecule has 0 spiro atoms. The number of aryl methyl sites for hydroxylation is 1. The van der Waals surface area contributed by atoms with Crippen molar-refractivity contribution in [2.75, 3.05) is 24.6 Å². The third-order valence-electron chi connectivity index (χ3n) is 5.52. The Hall–Kier alpha value is -2.87. The maximum Gasteiger partial charge on any atom is 0.257 e. The van der Waals surface area contributed by atoms with Gasteiger partial charge in [-0.3, -0.25) is 9.59 Å². The van der Waals surface area contributed by atoms with E-state index >= 15 is 0 Å². The normalized spacial score (nSPS) is 24.8. The molecule has 146 valence electrons. The van der Waals surface area contributed by atoms with E-state index in [0.29, 0.717) is 36.5 Å². The lowest BCUT2D eigenvalue weighted by atomic mass is 9.85. The molecule has 1 aromatic carbocycles. The van der Waals surface area contributed by atoms with Crippen LogP contribution in [0, 0.1) is 12.7 Å². The van der Waals surface area contributed by atoms with Crippen molar-refractivity contribution in [2.45, 2.75) is 31.9 Å². The summed E-state index contributed by atoms with van der Waals surface area (Å²) >= 11 is 0. The van der Waals surface area contributed by atoms with Crippen LogP contribution in [0.3, 0.4) is 0 Å².